The molecule has 1 aromatic heterocycles. The Labute approximate surface area is 118 Å². The third-order valence-corrected chi connectivity index (χ3v) is 3.71. The maximum atomic E-state index is 12.3. The molecule has 2 rings (SSSR count). The van der Waals surface area contributed by atoms with Crippen molar-refractivity contribution >= 4 is 37.0 Å². The number of H-pyrrole nitrogens is 1. The van der Waals surface area contributed by atoms with Crippen LogP contribution < -0.4 is 9.74 Å². The molecule has 1 heterocycles. The van der Waals surface area contributed by atoms with Crippen LogP contribution >= 0.6 is 15.9 Å². The van der Waals surface area contributed by atoms with Crippen molar-refractivity contribution in [3.05, 3.63) is 39.1 Å². The van der Waals surface area contributed by atoms with Crippen molar-refractivity contribution in [2.75, 3.05) is 0 Å². The van der Waals surface area contributed by atoms with E-state index in [0.29, 0.717) is 10.5 Å². The second kappa shape index (κ2) is 4.77. The van der Waals surface area contributed by atoms with Gasteiger partial charge in [0.15, 0.2) is 5.75 Å². The molecule has 0 fully saturated rings. The van der Waals surface area contributed by atoms with E-state index in [1.54, 1.807) is 0 Å². The highest BCUT2D eigenvalue weighted by molar-refractivity contribution is 9.10. The van der Waals surface area contributed by atoms with E-state index in [4.69, 9.17) is 0 Å². The Hall–Kier alpha value is -1.55. The molecule has 0 aliphatic carbocycles. The molecule has 0 amide bonds. The van der Waals surface area contributed by atoms with Crippen LogP contribution in [0.25, 0.3) is 10.9 Å². The van der Waals surface area contributed by atoms with Crippen molar-refractivity contribution in [2.45, 2.75) is 5.51 Å². The molecule has 0 radical (unpaired) electrons. The normalized spacial score (nSPS) is 12.6. The number of fused-ring (bicyclic) bond motifs is 1. The number of hydrogen-bond acceptors (Lipinski definition) is 4. The minimum absolute atomic E-state index is 0.0202. The van der Waals surface area contributed by atoms with Gasteiger partial charge in [0.25, 0.3) is 5.56 Å². The number of pyridine rings is 1. The summed E-state index contributed by atoms with van der Waals surface area (Å²) in [5, 5.41) is 0.0202. The smallest absolute Gasteiger partial charge is 0.375 e. The van der Waals surface area contributed by atoms with Gasteiger partial charge in [0.2, 0.25) is 0 Å². The molecule has 2 aromatic rings. The van der Waals surface area contributed by atoms with Crippen molar-refractivity contribution in [1.29, 1.82) is 0 Å². The Morgan fingerprint density at radius 1 is 1.20 bits per heavy atom. The van der Waals surface area contributed by atoms with Gasteiger partial charge in [-0.2, -0.15) is 21.6 Å². The third-order valence-electron chi connectivity index (χ3n) is 2.25. The van der Waals surface area contributed by atoms with Crippen LogP contribution in [0.4, 0.5) is 13.2 Å². The van der Waals surface area contributed by atoms with E-state index in [1.165, 1.54) is 18.2 Å². The predicted octanol–water partition coefficient (Wildman–Crippen LogP) is 2.52. The fourth-order valence-corrected chi connectivity index (χ4v) is 2.26. The number of aromatic nitrogens is 1. The number of alkyl halides is 3. The summed E-state index contributed by atoms with van der Waals surface area (Å²) in [4.78, 5) is 13.7. The van der Waals surface area contributed by atoms with Gasteiger partial charge < -0.3 is 9.17 Å². The molecule has 0 aliphatic heterocycles. The minimum atomic E-state index is -5.84. The van der Waals surface area contributed by atoms with Crippen LogP contribution in [0.3, 0.4) is 0 Å². The maximum Gasteiger partial charge on any atom is 0.534 e. The summed E-state index contributed by atoms with van der Waals surface area (Å²) in [5.41, 5.74) is -6.21. The second-order valence-corrected chi connectivity index (χ2v) is 6.12. The largest absolute Gasteiger partial charge is 0.534 e. The molecule has 0 bridgehead atoms. The number of hydrogen-bond donors (Lipinski definition) is 1. The number of aromatic amines is 1. The van der Waals surface area contributed by atoms with Crippen LogP contribution in [0.15, 0.2) is 33.5 Å². The Morgan fingerprint density at radius 3 is 2.45 bits per heavy atom. The maximum absolute atomic E-state index is 12.3. The lowest BCUT2D eigenvalue weighted by molar-refractivity contribution is -0.0499. The second-order valence-electron chi connectivity index (χ2n) is 3.67. The van der Waals surface area contributed by atoms with Crippen molar-refractivity contribution in [2.24, 2.45) is 0 Å². The summed E-state index contributed by atoms with van der Waals surface area (Å²) in [6.07, 6.45) is 0. The molecular formula is C10H5BrF3NO4S. The van der Waals surface area contributed by atoms with Gasteiger partial charge in [0.05, 0.1) is 5.52 Å². The zero-order valence-corrected chi connectivity index (χ0v) is 11.8. The monoisotopic (exact) mass is 371 g/mol. The molecule has 1 N–H and O–H groups in total. The topological polar surface area (TPSA) is 76.2 Å². The summed E-state index contributed by atoms with van der Waals surface area (Å²) in [5.74, 6) is -0.692. The molecule has 0 saturated heterocycles. The molecule has 20 heavy (non-hydrogen) atoms. The van der Waals surface area contributed by atoms with E-state index >= 15 is 0 Å². The molecule has 10 heteroatoms. The number of rotatable bonds is 2. The fourth-order valence-electron chi connectivity index (χ4n) is 1.43. The molecular weight excluding hydrogens is 367 g/mol. The minimum Gasteiger partial charge on any atom is -0.375 e. The van der Waals surface area contributed by atoms with E-state index in [2.05, 4.69) is 25.1 Å². The predicted molar refractivity (Wildman–Crippen MR) is 67.9 cm³/mol. The summed E-state index contributed by atoms with van der Waals surface area (Å²) in [6.45, 7) is 0. The molecule has 1 aromatic carbocycles. The molecule has 5 nitrogen and oxygen atoms in total. The number of halogens is 4. The number of nitrogens with one attached hydrogen (secondary N) is 1. The highest BCUT2D eigenvalue weighted by atomic mass is 79.9. The zero-order valence-electron chi connectivity index (χ0n) is 9.36. The van der Waals surface area contributed by atoms with E-state index in [-0.39, 0.29) is 10.9 Å². The molecule has 108 valence electrons. The van der Waals surface area contributed by atoms with Gasteiger partial charge >= 0.3 is 15.6 Å². The molecule has 0 atom stereocenters. The average Bonchev–Trinajstić information content (AvgIpc) is 2.28. The van der Waals surface area contributed by atoms with Crippen LogP contribution in [0.1, 0.15) is 0 Å². The SMILES string of the molecule is O=c1cc(OS(=O)(=O)C(F)(F)F)c2cc(Br)ccc2[nH]1. The van der Waals surface area contributed by atoms with Crippen LogP contribution in [-0.4, -0.2) is 18.9 Å². The van der Waals surface area contributed by atoms with Crippen LogP contribution in [-0.2, 0) is 10.1 Å². The van der Waals surface area contributed by atoms with Crippen molar-refractivity contribution in [3.63, 3.8) is 0 Å². The van der Waals surface area contributed by atoms with Gasteiger partial charge in [-0.3, -0.25) is 4.79 Å². The molecule has 0 spiro atoms. The van der Waals surface area contributed by atoms with Gasteiger partial charge in [-0.25, -0.2) is 0 Å². The molecule has 0 saturated carbocycles. The third kappa shape index (κ3) is 2.80. The summed E-state index contributed by atoms with van der Waals surface area (Å²) >= 11 is 3.08. The van der Waals surface area contributed by atoms with Crippen molar-refractivity contribution in [3.8, 4) is 5.75 Å². The van der Waals surface area contributed by atoms with Gasteiger partial charge in [-0.15, -0.1) is 0 Å². The van der Waals surface area contributed by atoms with Crippen LogP contribution in [0.5, 0.6) is 5.75 Å². The lowest BCUT2D eigenvalue weighted by atomic mass is 10.2. The zero-order chi connectivity index (χ0) is 15.1. The van der Waals surface area contributed by atoms with E-state index in [1.807, 2.05) is 0 Å². The standard InChI is InChI=1S/C10H5BrF3NO4S/c11-5-1-2-7-6(3-5)8(4-9(16)15-7)19-20(17,18)10(12,13)14/h1-4H,(H,15,16). The van der Waals surface area contributed by atoms with Crippen LogP contribution in [0.2, 0.25) is 0 Å². The van der Waals surface area contributed by atoms with Crippen molar-refractivity contribution in [1.82, 2.24) is 4.98 Å². The Morgan fingerprint density at radius 2 is 1.85 bits per heavy atom. The van der Waals surface area contributed by atoms with Crippen molar-refractivity contribution < 1.29 is 25.8 Å². The first-order valence-electron chi connectivity index (χ1n) is 4.93. The fraction of sp³-hybridized carbons (Fsp3) is 0.100. The van der Waals surface area contributed by atoms with Gasteiger partial charge in [0, 0.05) is 15.9 Å². The lowest BCUT2D eigenvalue weighted by Crippen LogP contribution is -2.28. The van der Waals surface area contributed by atoms with E-state index in [0.717, 1.165) is 0 Å². The lowest BCUT2D eigenvalue weighted by Gasteiger charge is -2.11. The Bertz CT molecular complexity index is 828. The average molecular weight is 372 g/mol. The van der Waals surface area contributed by atoms with Gasteiger partial charge in [-0.1, -0.05) is 15.9 Å². The quantitative estimate of drug-likeness (QED) is 0.649. The van der Waals surface area contributed by atoms with E-state index < -0.39 is 26.9 Å². The summed E-state index contributed by atoms with van der Waals surface area (Å²) in [7, 11) is -5.84. The highest BCUT2D eigenvalue weighted by Crippen LogP contribution is 2.31. The molecule has 0 unspecified atom stereocenters. The van der Waals surface area contributed by atoms with Crippen LogP contribution in [0, 0.1) is 0 Å². The summed E-state index contributed by atoms with van der Waals surface area (Å²) in [6, 6.07) is 4.89. The first-order valence-corrected chi connectivity index (χ1v) is 7.13. The van der Waals surface area contributed by atoms with Gasteiger partial charge in [0.1, 0.15) is 0 Å². The summed E-state index contributed by atoms with van der Waals surface area (Å²) < 4.78 is 63.4. The number of benzene rings is 1. The highest BCUT2D eigenvalue weighted by Gasteiger charge is 2.48. The first-order chi connectivity index (χ1) is 9.10. The Kier molecular flexibility index (Phi) is 3.54. The Balaban J connectivity index is 2.66. The van der Waals surface area contributed by atoms with E-state index in [9.17, 15) is 26.4 Å². The first kappa shape index (κ1) is 14.9. The van der Waals surface area contributed by atoms with Gasteiger partial charge in [-0.05, 0) is 18.2 Å². The molecule has 0 aliphatic rings.